The van der Waals surface area contributed by atoms with Gasteiger partial charge in [-0.3, -0.25) is 0 Å². The van der Waals surface area contributed by atoms with Gasteiger partial charge in [-0.25, -0.2) is 17.9 Å². The standard InChI is InChI=1S/C9H8N2O5S2/c12-9(13)6-3-8(17-5-6)18(14,15)11-4-7-1-2-10-16-7/h1-3,5,11H,4H2,(H,12,13). The minimum Gasteiger partial charge on any atom is -0.478 e. The zero-order chi connectivity index (χ0) is 13.2. The van der Waals surface area contributed by atoms with Gasteiger partial charge in [0.05, 0.1) is 18.3 Å². The molecule has 0 amide bonds. The summed E-state index contributed by atoms with van der Waals surface area (Å²) in [4.78, 5) is 10.7. The topological polar surface area (TPSA) is 110 Å². The van der Waals surface area contributed by atoms with Gasteiger partial charge in [0.15, 0.2) is 5.76 Å². The maximum atomic E-state index is 11.8. The Morgan fingerprint density at radius 1 is 1.56 bits per heavy atom. The Morgan fingerprint density at radius 2 is 2.33 bits per heavy atom. The molecule has 18 heavy (non-hydrogen) atoms. The molecule has 96 valence electrons. The summed E-state index contributed by atoms with van der Waals surface area (Å²) in [5, 5.41) is 13.4. The number of aromatic carboxylic acids is 1. The van der Waals surface area contributed by atoms with Crippen molar-refractivity contribution in [3.05, 3.63) is 35.0 Å². The molecular formula is C9H8N2O5S2. The lowest BCUT2D eigenvalue weighted by Gasteiger charge is -2.01. The van der Waals surface area contributed by atoms with Gasteiger partial charge in [0.25, 0.3) is 0 Å². The average Bonchev–Trinajstić information content (AvgIpc) is 2.98. The van der Waals surface area contributed by atoms with E-state index in [1.807, 2.05) is 0 Å². The normalized spacial score (nSPS) is 11.6. The molecular weight excluding hydrogens is 280 g/mol. The second kappa shape index (κ2) is 4.88. The van der Waals surface area contributed by atoms with Gasteiger partial charge >= 0.3 is 5.97 Å². The first-order valence-electron chi connectivity index (χ1n) is 4.70. The molecule has 0 saturated carbocycles. The first kappa shape index (κ1) is 12.7. The maximum Gasteiger partial charge on any atom is 0.336 e. The van der Waals surface area contributed by atoms with Crippen LogP contribution in [0.15, 0.2) is 32.4 Å². The Balaban J connectivity index is 2.12. The van der Waals surface area contributed by atoms with Crippen LogP contribution in [0.4, 0.5) is 0 Å². The van der Waals surface area contributed by atoms with Gasteiger partial charge in [-0.1, -0.05) is 5.16 Å². The van der Waals surface area contributed by atoms with Gasteiger partial charge in [0.1, 0.15) is 4.21 Å². The van der Waals surface area contributed by atoms with Crippen LogP contribution in [-0.2, 0) is 16.6 Å². The SMILES string of the molecule is O=C(O)c1csc(S(=O)(=O)NCc2ccno2)c1. The van der Waals surface area contributed by atoms with Gasteiger partial charge in [-0.15, -0.1) is 11.3 Å². The molecule has 0 aromatic carbocycles. The molecule has 0 radical (unpaired) electrons. The number of carbonyl (C=O) groups is 1. The van der Waals surface area contributed by atoms with Crippen molar-refractivity contribution < 1.29 is 22.8 Å². The van der Waals surface area contributed by atoms with Crippen LogP contribution >= 0.6 is 11.3 Å². The van der Waals surface area contributed by atoms with E-state index in [0.717, 1.165) is 17.4 Å². The molecule has 2 heterocycles. The van der Waals surface area contributed by atoms with E-state index in [0.29, 0.717) is 5.76 Å². The predicted octanol–water partition coefficient (Wildman–Crippen LogP) is 0.913. The number of sulfonamides is 1. The number of nitrogens with zero attached hydrogens (tertiary/aromatic N) is 1. The van der Waals surface area contributed by atoms with E-state index in [1.165, 1.54) is 17.6 Å². The summed E-state index contributed by atoms with van der Waals surface area (Å²) in [5.74, 6) is -0.795. The molecule has 9 heteroatoms. The predicted molar refractivity (Wildman–Crippen MR) is 61.8 cm³/mol. The third-order valence-electron chi connectivity index (χ3n) is 2.01. The average molecular weight is 288 g/mol. The number of carboxylic acids is 1. The molecule has 0 aliphatic carbocycles. The number of hydrogen-bond acceptors (Lipinski definition) is 6. The number of aromatic nitrogens is 1. The fourth-order valence-corrected chi connectivity index (χ4v) is 3.33. The minimum absolute atomic E-state index is 0.0390. The van der Waals surface area contributed by atoms with Crippen LogP contribution in [0.3, 0.4) is 0 Å². The first-order chi connectivity index (χ1) is 8.49. The van der Waals surface area contributed by atoms with E-state index in [-0.39, 0.29) is 16.3 Å². The number of thiophene rings is 1. The maximum absolute atomic E-state index is 11.8. The van der Waals surface area contributed by atoms with Crippen molar-refractivity contribution in [3.8, 4) is 0 Å². The van der Waals surface area contributed by atoms with Crippen LogP contribution in [-0.4, -0.2) is 24.7 Å². The lowest BCUT2D eigenvalue weighted by atomic mass is 10.4. The van der Waals surface area contributed by atoms with Crippen molar-refractivity contribution in [3.63, 3.8) is 0 Å². The summed E-state index contributed by atoms with van der Waals surface area (Å²) in [6.45, 7) is -0.0390. The molecule has 0 bridgehead atoms. The van der Waals surface area contributed by atoms with Gasteiger partial charge in [0, 0.05) is 11.4 Å². The fraction of sp³-hybridized carbons (Fsp3) is 0.111. The fourth-order valence-electron chi connectivity index (χ4n) is 1.14. The summed E-state index contributed by atoms with van der Waals surface area (Å²) >= 11 is 0.844. The molecule has 2 aromatic rings. The Morgan fingerprint density at radius 3 is 2.89 bits per heavy atom. The quantitative estimate of drug-likeness (QED) is 0.846. The Kier molecular flexibility index (Phi) is 3.45. The smallest absolute Gasteiger partial charge is 0.336 e. The Hall–Kier alpha value is -1.71. The summed E-state index contributed by atoms with van der Waals surface area (Å²) in [5.41, 5.74) is -0.0555. The van der Waals surface area contributed by atoms with Crippen molar-refractivity contribution >= 4 is 27.3 Å². The van der Waals surface area contributed by atoms with E-state index in [1.54, 1.807) is 0 Å². The van der Waals surface area contributed by atoms with Crippen molar-refractivity contribution in [1.29, 1.82) is 0 Å². The summed E-state index contributed by atoms with van der Waals surface area (Å²) in [6.07, 6.45) is 1.40. The summed E-state index contributed by atoms with van der Waals surface area (Å²) in [7, 11) is -3.73. The number of carboxylic acid groups (broad SMARTS) is 1. The van der Waals surface area contributed by atoms with Gasteiger partial charge in [-0.2, -0.15) is 0 Å². The zero-order valence-electron chi connectivity index (χ0n) is 8.86. The monoisotopic (exact) mass is 288 g/mol. The lowest BCUT2D eigenvalue weighted by Crippen LogP contribution is -2.22. The second-order valence-electron chi connectivity index (χ2n) is 3.26. The van der Waals surface area contributed by atoms with E-state index in [2.05, 4.69) is 9.88 Å². The van der Waals surface area contributed by atoms with E-state index in [4.69, 9.17) is 9.63 Å². The molecule has 0 fully saturated rings. The van der Waals surface area contributed by atoms with Crippen molar-refractivity contribution in [1.82, 2.24) is 9.88 Å². The van der Waals surface area contributed by atoms with Gasteiger partial charge in [0.2, 0.25) is 10.0 Å². The third-order valence-corrected chi connectivity index (χ3v) is 4.86. The molecule has 0 unspecified atom stereocenters. The molecule has 2 aromatic heterocycles. The first-order valence-corrected chi connectivity index (χ1v) is 7.06. The van der Waals surface area contributed by atoms with Crippen LogP contribution in [0.1, 0.15) is 16.1 Å². The lowest BCUT2D eigenvalue weighted by molar-refractivity contribution is 0.0697. The Labute approximate surface area is 106 Å². The molecule has 0 aliphatic rings. The molecule has 7 nitrogen and oxygen atoms in total. The zero-order valence-corrected chi connectivity index (χ0v) is 10.5. The summed E-state index contributed by atoms with van der Waals surface area (Å²) < 4.78 is 30.6. The largest absolute Gasteiger partial charge is 0.478 e. The number of hydrogen-bond donors (Lipinski definition) is 2. The van der Waals surface area contributed by atoms with Crippen LogP contribution in [0.2, 0.25) is 0 Å². The third kappa shape index (κ3) is 2.75. The van der Waals surface area contributed by atoms with Crippen LogP contribution < -0.4 is 4.72 Å². The Bertz CT molecular complexity index is 644. The minimum atomic E-state index is -3.73. The highest BCUT2D eigenvalue weighted by Gasteiger charge is 2.19. The van der Waals surface area contributed by atoms with Crippen molar-refractivity contribution in [2.45, 2.75) is 10.8 Å². The highest BCUT2D eigenvalue weighted by molar-refractivity contribution is 7.91. The van der Waals surface area contributed by atoms with Gasteiger partial charge in [-0.05, 0) is 6.07 Å². The van der Waals surface area contributed by atoms with Crippen LogP contribution in [0, 0.1) is 0 Å². The highest BCUT2D eigenvalue weighted by Crippen LogP contribution is 2.20. The molecule has 0 atom stereocenters. The highest BCUT2D eigenvalue weighted by atomic mass is 32.2. The van der Waals surface area contributed by atoms with Gasteiger partial charge < -0.3 is 9.63 Å². The van der Waals surface area contributed by atoms with Crippen LogP contribution in [0.5, 0.6) is 0 Å². The van der Waals surface area contributed by atoms with E-state index >= 15 is 0 Å². The van der Waals surface area contributed by atoms with E-state index in [9.17, 15) is 13.2 Å². The van der Waals surface area contributed by atoms with Crippen molar-refractivity contribution in [2.24, 2.45) is 0 Å². The second-order valence-corrected chi connectivity index (χ2v) is 6.17. The summed E-state index contributed by atoms with van der Waals surface area (Å²) in [6, 6.07) is 2.63. The molecule has 0 aliphatic heterocycles. The van der Waals surface area contributed by atoms with Crippen LogP contribution in [0.25, 0.3) is 0 Å². The van der Waals surface area contributed by atoms with Crippen molar-refractivity contribution in [2.75, 3.05) is 0 Å². The molecule has 2 rings (SSSR count). The molecule has 0 spiro atoms. The molecule has 2 N–H and O–H groups in total. The number of rotatable bonds is 5. The number of nitrogens with one attached hydrogen (secondary N) is 1. The molecule has 0 saturated heterocycles. The van der Waals surface area contributed by atoms with E-state index < -0.39 is 16.0 Å².